The van der Waals surface area contributed by atoms with Crippen LogP contribution in [-0.4, -0.2) is 29.5 Å². The molecule has 4 heteroatoms. The van der Waals surface area contributed by atoms with Gasteiger partial charge in [0.25, 0.3) is 0 Å². The van der Waals surface area contributed by atoms with Crippen molar-refractivity contribution in [3.05, 3.63) is 12.3 Å². The molecule has 1 fully saturated rings. The minimum absolute atomic E-state index is 0.442. The zero-order chi connectivity index (χ0) is 11.4. The van der Waals surface area contributed by atoms with E-state index in [0.29, 0.717) is 6.04 Å². The Hall–Kier alpha value is -1.03. The Morgan fingerprint density at radius 3 is 3.06 bits per heavy atom. The summed E-state index contributed by atoms with van der Waals surface area (Å²) in [6.07, 6.45) is 5.61. The first-order valence-corrected chi connectivity index (χ1v) is 6.12. The number of aromatic nitrogens is 2. The first-order valence-electron chi connectivity index (χ1n) is 6.12. The summed E-state index contributed by atoms with van der Waals surface area (Å²) in [7, 11) is 1.76. The highest BCUT2D eigenvalue weighted by atomic mass is 16.5. The van der Waals surface area contributed by atoms with E-state index in [1.807, 2.05) is 16.9 Å². The molecule has 4 nitrogen and oxygen atoms in total. The molecule has 0 saturated heterocycles. The van der Waals surface area contributed by atoms with Gasteiger partial charge in [-0.3, -0.25) is 0 Å². The molecule has 1 aliphatic carbocycles. The quantitative estimate of drug-likeness (QED) is 0.769. The summed E-state index contributed by atoms with van der Waals surface area (Å²) in [5.41, 5.74) is 0. The Morgan fingerprint density at radius 1 is 1.62 bits per heavy atom. The van der Waals surface area contributed by atoms with Crippen LogP contribution in [0.3, 0.4) is 0 Å². The third-order valence-corrected chi connectivity index (χ3v) is 3.02. The van der Waals surface area contributed by atoms with Crippen molar-refractivity contribution in [3.8, 4) is 0 Å². The zero-order valence-electron chi connectivity index (χ0n) is 10.1. The summed E-state index contributed by atoms with van der Waals surface area (Å²) in [5.74, 6) is 1.90. The van der Waals surface area contributed by atoms with Crippen LogP contribution in [-0.2, 0) is 11.3 Å². The number of hydrogen-bond acceptors (Lipinski definition) is 3. The van der Waals surface area contributed by atoms with Crippen molar-refractivity contribution in [2.45, 2.75) is 38.8 Å². The summed E-state index contributed by atoms with van der Waals surface area (Å²) < 4.78 is 7.29. The first-order chi connectivity index (χ1) is 7.85. The average molecular weight is 223 g/mol. The molecule has 0 radical (unpaired) electrons. The van der Waals surface area contributed by atoms with Gasteiger partial charge in [0.1, 0.15) is 5.82 Å². The molecule has 16 heavy (non-hydrogen) atoms. The van der Waals surface area contributed by atoms with Crippen LogP contribution in [0.4, 0.5) is 5.82 Å². The van der Waals surface area contributed by atoms with Crippen molar-refractivity contribution in [3.63, 3.8) is 0 Å². The van der Waals surface area contributed by atoms with Gasteiger partial charge in [0, 0.05) is 19.7 Å². The molecule has 2 rings (SSSR count). The van der Waals surface area contributed by atoms with E-state index in [4.69, 9.17) is 4.74 Å². The molecule has 1 aromatic rings. The third kappa shape index (κ3) is 2.76. The molecule has 0 amide bonds. The number of anilines is 1. The summed E-state index contributed by atoms with van der Waals surface area (Å²) in [6, 6.07) is 2.48. The second-order valence-corrected chi connectivity index (χ2v) is 4.48. The predicted molar refractivity (Wildman–Crippen MR) is 64.5 cm³/mol. The van der Waals surface area contributed by atoms with Gasteiger partial charge in [-0.2, -0.15) is 5.10 Å². The van der Waals surface area contributed by atoms with Crippen LogP contribution in [0.2, 0.25) is 0 Å². The number of aryl methyl sites for hydroxylation is 1. The molecule has 1 aliphatic rings. The summed E-state index contributed by atoms with van der Waals surface area (Å²) in [5, 5.41) is 7.86. The number of hydrogen-bond donors (Lipinski definition) is 1. The van der Waals surface area contributed by atoms with Crippen molar-refractivity contribution in [1.82, 2.24) is 9.78 Å². The molecule has 1 heterocycles. The Labute approximate surface area is 97.0 Å². The Bertz CT molecular complexity index is 320. The fourth-order valence-electron chi connectivity index (χ4n) is 2.01. The van der Waals surface area contributed by atoms with Crippen molar-refractivity contribution >= 4 is 5.82 Å². The summed E-state index contributed by atoms with van der Waals surface area (Å²) in [4.78, 5) is 0. The van der Waals surface area contributed by atoms with E-state index in [9.17, 15) is 0 Å². The van der Waals surface area contributed by atoms with Crippen LogP contribution >= 0.6 is 0 Å². The monoisotopic (exact) mass is 223 g/mol. The van der Waals surface area contributed by atoms with Crippen LogP contribution < -0.4 is 5.32 Å². The smallest absolute Gasteiger partial charge is 0.124 e. The molecule has 1 saturated carbocycles. The van der Waals surface area contributed by atoms with E-state index in [1.165, 1.54) is 12.8 Å². The van der Waals surface area contributed by atoms with E-state index >= 15 is 0 Å². The highest BCUT2D eigenvalue weighted by molar-refractivity contribution is 5.35. The number of rotatable bonds is 7. The maximum absolute atomic E-state index is 5.26. The lowest BCUT2D eigenvalue weighted by atomic mass is 10.2. The van der Waals surface area contributed by atoms with E-state index in [0.717, 1.165) is 31.3 Å². The fourth-order valence-corrected chi connectivity index (χ4v) is 2.01. The van der Waals surface area contributed by atoms with Gasteiger partial charge in [-0.25, -0.2) is 4.68 Å². The molecule has 0 spiro atoms. The highest BCUT2D eigenvalue weighted by Gasteiger charge is 2.31. The van der Waals surface area contributed by atoms with Crippen LogP contribution in [0.25, 0.3) is 0 Å². The lowest BCUT2D eigenvalue weighted by Gasteiger charge is -2.19. The minimum atomic E-state index is 0.442. The molecule has 1 aromatic heterocycles. The molecular formula is C12H21N3O. The summed E-state index contributed by atoms with van der Waals surface area (Å²) in [6.45, 7) is 3.92. The zero-order valence-corrected chi connectivity index (χ0v) is 10.1. The maximum atomic E-state index is 5.26. The van der Waals surface area contributed by atoms with Crippen molar-refractivity contribution in [2.75, 3.05) is 19.0 Å². The molecule has 1 unspecified atom stereocenters. The van der Waals surface area contributed by atoms with Gasteiger partial charge in [-0.05, 0) is 25.2 Å². The number of ether oxygens (including phenoxy) is 1. The standard InChI is InChI=1S/C12H21N3O/c1-3-8-15-12(6-7-13-15)14-11(9-16-2)10-4-5-10/h6-7,10-11,14H,3-5,8-9H2,1-2H3. The molecule has 90 valence electrons. The summed E-state index contributed by atoms with van der Waals surface area (Å²) >= 11 is 0. The van der Waals surface area contributed by atoms with Gasteiger partial charge in [-0.15, -0.1) is 0 Å². The Balaban J connectivity index is 1.97. The number of methoxy groups -OCH3 is 1. The molecule has 0 aliphatic heterocycles. The van der Waals surface area contributed by atoms with Gasteiger partial charge in [-0.1, -0.05) is 6.92 Å². The highest BCUT2D eigenvalue weighted by Crippen LogP contribution is 2.34. The third-order valence-electron chi connectivity index (χ3n) is 3.02. The van der Waals surface area contributed by atoms with E-state index in [2.05, 4.69) is 17.3 Å². The largest absolute Gasteiger partial charge is 0.383 e. The van der Waals surface area contributed by atoms with E-state index < -0.39 is 0 Å². The van der Waals surface area contributed by atoms with Crippen LogP contribution in [0.15, 0.2) is 12.3 Å². The SMILES string of the molecule is CCCn1nccc1NC(COC)C1CC1. The predicted octanol–water partition coefficient (Wildman–Crippen LogP) is 2.13. The second kappa shape index (κ2) is 5.34. The van der Waals surface area contributed by atoms with Crippen molar-refractivity contribution in [1.29, 1.82) is 0 Å². The normalized spacial score (nSPS) is 17.4. The van der Waals surface area contributed by atoms with Crippen molar-refractivity contribution < 1.29 is 4.74 Å². The molecule has 0 aromatic carbocycles. The van der Waals surface area contributed by atoms with E-state index in [1.54, 1.807) is 7.11 Å². The topological polar surface area (TPSA) is 39.1 Å². The van der Waals surface area contributed by atoms with Gasteiger partial charge in [0.05, 0.1) is 18.8 Å². The van der Waals surface area contributed by atoms with E-state index in [-0.39, 0.29) is 0 Å². The number of nitrogens with one attached hydrogen (secondary N) is 1. The Kier molecular flexibility index (Phi) is 3.83. The molecule has 1 N–H and O–H groups in total. The molecule has 0 bridgehead atoms. The Morgan fingerprint density at radius 2 is 2.44 bits per heavy atom. The van der Waals surface area contributed by atoms with Gasteiger partial charge >= 0.3 is 0 Å². The van der Waals surface area contributed by atoms with Crippen LogP contribution in [0.5, 0.6) is 0 Å². The van der Waals surface area contributed by atoms with Crippen LogP contribution in [0.1, 0.15) is 26.2 Å². The molecule has 1 atom stereocenters. The number of nitrogens with zero attached hydrogens (tertiary/aromatic N) is 2. The van der Waals surface area contributed by atoms with Crippen molar-refractivity contribution in [2.24, 2.45) is 5.92 Å². The second-order valence-electron chi connectivity index (χ2n) is 4.48. The first kappa shape index (κ1) is 11.5. The maximum Gasteiger partial charge on any atom is 0.124 e. The lowest BCUT2D eigenvalue weighted by molar-refractivity contribution is 0.179. The van der Waals surface area contributed by atoms with Gasteiger partial charge < -0.3 is 10.1 Å². The van der Waals surface area contributed by atoms with Gasteiger partial charge in [0.2, 0.25) is 0 Å². The molecular weight excluding hydrogens is 202 g/mol. The minimum Gasteiger partial charge on any atom is -0.383 e. The fraction of sp³-hybridized carbons (Fsp3) is 0.750. The van der Waals surface area contributed by atoms with Crippen LogP contribution in [0, 0.1) is 5.92 Å². The lowest BCUT2D eigenvalue weighted by Crippen LogP contribution is -2.28. The average Bonchev–Trinajstić information content (AvgIpc) is 3.03. The van der Waals surface area contributed by atoms with Gasteiger partial charge in [0.15, 0.2) is 0 Å².